The lowest BCUT2D eigenvalue weighted by molar-refractivity contribution is 1.03. The van der Waals surface area contributed by atoms with E-state index in [4.69, 9.17) is 0 Å². The topological polar surface area (TPSA) is 49.8 Å². The Morgan fingerprint density at radius 3 is 2.95 bits per heavy atom. The smallest absolute Gasteiger partial charge is 0.224 e. The van der Waals surface area contributed by atoms with Crippen LogP contribution in [0.5, 0.6) is 0 Å². The second kappa shape index (κ2) is 5.26. The molecule has 1 fully saturated rings. The molecule has 0 amide bonds. The molecule has 98 valence electrons. The highest BCUT2D eigenvalue weighted by molar-refractivity contribution is 5.41. The number of hydrogen-bond donors (Lipinski definition) is 2. The van der Waals surface area contributed by atoms with Crippen molar-refractivity contribution in [1.29, 1.82) is 0 Å². The summed E-state index contributed by atoms with van der Waals surface area (Å²) in [6, 6.07) is 11.0. The standard InChI is InChI=1S/C15H18N4/c1-11-3-2-4-12(9-11)10-17-15-16-8-7-14(19-15)18-13-5-6-13/h2-4,7-9,13H,5-6,10H2,1H3,(H2,16,17,18,19). The lowest BCUT2D eigenvalue weighted by Crippen LogP contribution is -2.07. The molecule has 0 spiro atoms. The summed E-state index contributed by atoms with van der Waals surface area (Å²) >= 11 is 0. The highest BCUT2D eigenvalue weighted by atomic mass is 15.1. The number of nitrogens with one attached hydrogen (secondary N) is 2. The van der Waals surface area contributed by atoms with Crippen LogP contribution < -0.4 is 10.6 Å². The van der Waals surface area contributed by atoms with Gasteiger partial charge in [-0.25, -0.2) is 4.98 Å². The summed E-state index contributed by atoms with van der Waals surface area (Å²) in [7, 11) is 0. The number of rotatable bonds is 5. The van der Waals surface area contributed by atoms with Crippen LogP contribution in [0.3, 0.4) is 0 Å². The van der Waals surface area contributed by atoms with Crippen LogP contribution >= 0.6 is 0 Å². The zero-order valence-corrected chi connectivity index (χ0v) is 11.1. The summed E-state index contributed by atoms with van der Waals surface area (Å²) in [5.41, 5.74) is 2.51. The van der Waals surface area contributed by atoms with Crippen LogP contribution in [0.15, 0.2) is 36.5 Å². The summed E-state index contributed by atoms with van der Waals surface area (Å²) in [5.74, 6) is 1.58. The molecule has 1 saturated carbocycles. The minimum absolute atomic E-state index is 0.611. The molecule has 4 nitrogen and oxygen atoms in total. The first kappa shape index (κ1) is 12.0. The summed E-state index contributed by atoms with van der Waals surface area (Å²) in [4.78, 5) is 8.70. The largest absolute Gasteiger partial charge is 0.367 e. The van der Waals surface area contributed by atoms with Crippen LogP contribution in [-0.4, -0.2) is 16.0 Å². The predicted octanol–water partition coefficient (Wildman–Crippen LogP) is 2.97. The number of aryl methyl sites for hydroxylation is 1. The van der Waals surface area contributed by atoms with Gasteiger partial charge in [0.15, 0.2) is 0 Å². The van der Waals surface area contributed by atoms with Gasteiger partial charge in [-0.15, -0.1) is 0 Å². The van der Waals surface area contributed by atoms with E-state index in [0.29, 0.717) is 12.0 Å². The number of aromatic nitrogens is 2. The molecule has 4 heteroatoms. The van der Waals surface area contributed by atoms with E-state index >= 15 is 0 Å². The molecule has 0 aliphatic heterocycles. The number of anilines is 2. The molecule has 0 radical (unpaired) electrons. The Bertz CT molecular complexity index is 564. The van der Waals surface area contributed by atoms with Crippen LogP contribution in [0.25, 0.3) is 0 Å². The Morgan fingerprint density at radius 1 is 1.26 bits per heavy atom. The fourth-order valence-electron chi connectivity index (χ4n) is 1.96. The van der Waals surface area contributed by atoms with Gasteiger partial charge >= 0.3 is 0 Å². The van der Waals surface area contributed by atoms with Gasteiger partial charge in [0.25, 0.3) is 0 Å². The van der Waals surface area contributed by atoms with Crippen molar-refractivity contribution in [3.63, 3.8) is 0 Å². The van der Waals surface area contributed by atoms with Crippen molar-refractivity contribution < 1.29 is 0 Å². The Balaban J connectivity index is 1.62. The van der Waals surface area contributed by atoms with Gasteiger partial charge in [0.2, 0.25) is 5.95 Å². The van der Waals surface area contributed by atoms with E-state index in [1.165, 1.54) is 24.0 Å². The van der Waals surface area contributed by atoms with Crippen molar-refractivity contribution in [3.05, 3.63) is 47.7 Å². The monoisotopic (exact) mass is 254 g/mol. The Morgan fingerprint density at radius 2 is 2.16 bits per heavy atom. The second-order valence-corrected chi connectivity index (χ2v) is 5.03. The summed E-state index contributed by atoms with van der Waals surface area (Å²) in [6.45, 7) is 2.84. The molecule has 2 N–H and O–H groups in total. The lowest BCUT2D eigenvalue weighted by atomic mass is 10.1. The Labute approximate surface area is 113 Å². The predicted molar refractivity (Wildman–Crippen MR) is 77.2 cm³/mol. The van der Waals surface area contributed by atoms with E-state index in [1.807, 2.05) is 6.07 Å². The van der Waals surface area contributed by atoms with Crippen molar-refractivity contribution in [2.75, 3.05) is 10.6 Å². The van der Waals surface area contributed by atoms with E-state index in [-0.39, 0.29) is 0 Å². The zero-order chi connectivity index (χ0) is 13.1. The van der Waals surface area contributed by atoms with Gasteiger partial charge in [-0.05, 0) is 31.4 Å². The molecule has 19 heavy (non-hydrogen) atoms. The van der Waals surface area contributed by atoms with E-state index in [9.17, 15) is 0 Å². The van der Waals surface area contributed by atoms with Crippen molar-refractivity contribution in [2.45, 2.75) is 32.4 Å². The van der Waals surface area contributed by atoms with Crippen LogP contribution in [0.1, 0.15) is 24.0 Å². The Hall–Kier alpha value is -2.10. The Kier molecular flexibility index (Phi) is 3.31. The summed E-state index contributed by atoms with van der Waals surface area (Å²) in [5, 5.41) is 6.63. The van der Waals surface area contributed by atoms with Gasteiger partial charge in [-0.3, -0.25) is 0 Å². The van der Waals surface area contributed by atoms with Crippen LogP contribution in [0.2, 0.25) is 0 Å². The van der Waals surface area contributed by atoms with Crippen molar-refractivity contribution in [2.24, 2.45) is 0 Å². The molecular weight excluding hydrogens is 236 g/mol. The molecule has 1 aliphatic rings. The first-order valence-electron chi connectivity index (χ1n) is 6.68. The van der Waals surface area contributed by atoms with E-state index in [0.717, 1.165) is 12.4 Å². The van der Waals surface area contributed by atoms with Gasteiger partial charge in [0, 0.05) is 18.8 Å². The number of benzene rings is 1. The molecule has 0 unspecified atom stereocenters. The average Bonchev–Trinajstić information content (AvgIpc) is 3.21. The quantitative estimate of drug-likeness (QED) is 0.861. The second-order valence-electron chi connectivity index (χ2n) is 5.03. The van der Waals surface area contributed by atoms with E-state index < -0.39 is 0 Å². The SMILES string of the molecule is Cc1cccc(CNc2nccc(NC3CC3)n2)c1. The highest BCUT2D eigenvalue weighted by Gasteiger charge is 2.21. The van der Waals surface area contributed by atoms with Gasteiger partial charge in [0.1, 0.15) is 5.82 Å². The van der Waals surface area contributed by atoms with Crippen LogP contribution in [0, 0.1) is 6.92 Å². The molecule has 1 aromatic heterocycles. The molecule has 2 aromatic rings. The van der Waals surface area contributed by atoms with E-state index in [2.05, 4.69) is 51.8 Å². The zero-order valence-electron chi connectivity index (χ0n) is 11.1. The first-order valence-corrected chi connectivity index (χ1v) is 6.68. The number of hydrogen-bond acceptors (Lipinski definition) is 4. The lowest BCUT2D eigenvalue weighted by Gasteiger charge is -2.08. The average molecular weight is 254 g/mol. The maximum Gasteiger partial charge on any atom is 0.224 e. The highest BCUT2D eigenvalue weighted by Crippen LogP contribution is 2.23. The molecule has 0 atom stereocenters. The normalized spacial score (nSPS) is 14.2. The molecule has 0 saturated heterocycles. The van der Waals surface area contributed by atoms with Crippen LogP contribution in [0.4, 0.5) is 11.8 Å². The van der Waals surface area contributed by atoms with Crippen LogP contribution in [-0.2, 0) is 6.54 Å². The van der Waals surface area contributed by atoms with Crippen molar-refractivity contribution in [1.82, 2.24) is 9.97 Å². The molecule has 1 heterocycles. The molecule has 1 aromatic carbocycles. The third-order valence-electron chi connectivity index (χ3n) is 3.12. The van der Waals surface area contributed by atoms with Crippen molar-refractivity contribution >= 4 is 11.8 Å². The van der Waals surface area contributed by atoms with Gasteiger partial charge in [0.05, 0.1) is 0 Å². The molecular formula is C15H18N4. The summed E-state index contributed by atoms with van der Waals surface area (Å²) in [6.07, 6.45) is 4.28. The van der Waals surface area contributed by atoms with Gasteiger partial charge in [-0.1, -0.05) is 29.8 Å². The summed E-state index contributed by atoms with van der Waals surface area (Å²) < 4.78 is 0. The minimum Gasteiger partial charge on any atom is -0.367 e. The first-order chi connectivity index (χ1) is 9.29. The van der Waals surface area contributed by atoms with Gasteiger partial charge in [-0.2, -0.15) is 4.98 Å². The number of nitrogens with zero attached hydrogens (tertiary/aromatic N) is 2. The van der Waals surface area contributed by atoms with Crippen molar-refractivity contribution in [3.8, 4) is 0 Å². The molecule has 0 bridgehead atoms. The maximum atomic E-state index is 4.46. The third-order valence-corrected chi connectivity index (χ3v) is 3.12. The molecule has 1 aliphatic carbocycles. The minimum atomic E-state index is 0.611. The third kappa shape index (κ3) is 3.44. The van der Waals surface area contributed by atoms with Gasteiger partial charge < -0.3 is 10.6 Å². The van der Waals surface area contributed by atoms with E-state index in [1.54, 1.807) is 6.20 Å². The molecule has 3 rings (SSSR count). The fourth-order valence-corrected chi connectivity index (χ4v) is 1.96. The maximum absolute atomic E-state index is 4.46. The fraction of sp³-hybridized carbons (Fsp3) is 0.333.